The van der Waals surface area contributed by atoms with Gasteiger partial charge in [-0.3, -0.25) is 0 Å². The predicted octanol–water partition coefficient (Wildman–Crippen LogP) is 2.49. The Labute approximate surface area is 151 Å². The van der Waals surface area contributed by atoms with Crippen LogP contribution in [0.25, 0.3) is 11.5 Å². The van der Waals surface area contributed by atoms with Crippen LogP contribution >= 0.6 is 0 Å². The number of fused-ring (bicyclic) bond motifs is 1. The monoisotopic (exact) mass is 351 g/mol. The molecule has 26 heavy (non-hydrogen) atoms. The molecule has 0 bridgehead atoms. The molecular formula is C19H21N5O2. The first-order valence-corrected chi connectivity index (χ1v) is 8.53. The maximum absolute atomic E-state index is 6.03. The van der Waals surface area contributed by atoms with Gasteiger partial charge in [0.2, 0.25) is 0 Å². The first-order chi connectivity index (χ1) is 12.7. The summed E-state index contributed by atoms with van der Waals surface area (Å²) in [6, 6.07) is 9.95. The zero-order chi connectivity index (χ0) is 18.1. The molecule has 3 aromatic rings. The molecular weight excluding hydrogens is 330 g/mol. The Balaban J connectivity index is 1.61. The van der Waals surface area contributed by atoms with Gasteiger partial charge in [0.1, 0.15) is 18.2 Å². The zero-order valence-electron chi connectivity index (χ0n) is 14.9. The van der Waals surface area contributed by atoms with Crippen LogP contribution in [0.1, 0.15) is 23.1 Å². The van der Waals surface area contributed by atoms with E-state index in [1.807, 2.05) is 37.3 Å². The number of aromatic nitrogens is 4. The molecule has 4 rings (SSSR count). The number of hydrogen-bond donors (Lipinski definition) is 0. The Bertz CT molecular complexity index is 952. The van der Waals surface area contributed by atoms with Crippen LogP contribution in [0, 0.1) is 6.92 Å². The van der Waals surface area contributed by atoms with E-state index >= 15 is 0 Å². The van der Waals surface area contributed by atoms with Crippen LogP contribution in [0.4, 0.5) is 0 Å². The van der Waals surface area contributed by atoms with Crippen molar-refractivity contribution in [2.75, 3.05) is 26.8 Å². The molecule has 2 aromatic heterocycles. The maximum Gasteiger partial charge on any atom is 0.252 e. The molecule has 0 spiro atoms. The molecule has 7 heteroatoms. The number of benzene rings is 1. The fraction of sp³-hybridized carbons (Fsp3) is 0.316. The van der Waals surface area contributed by atoms with E-state index in [9.17, 15) is 0 Å². The van der Waals surface area contributed by atoms with Crippen LogP contribution in [0.3, 0.4) is 0 Å². The van der Waals surface area contributed by atoms with Crippen LogP contribution < -0.4 is 4.74 Å². The number of nitrogens with zero attached hydrogens (tertiary/aromatic N) is 5. The molecule has 3 heterocycles. The molecule has 0 amide bonds. The second kappa shape index (κ2) is 6.76. The summed E-state index contributed by atoms with van der Waals surface area (Å²) in [6.45, 7) is 8.34. The summed E-state index contributed by atoms with van der Waals surface area (Å²) >= 11 is 0. The zero-order valence-corrected chi connectivity index (χ0v) is 14.9. The van der Waals surface area contributed by atoms with Crippen LogP contribution in [-0.4, -0.2) is 51.3 Å². The summed E-state index contributed by atoms with van der Waals surface area (Å²) in [5.41, 5.74) is 3.85. The van der Waals surface area contributed by atoms with Gasteiger partial charge in [0.25, 0.3) is 5.78 Å². The lowest BCUT2D eigenvalue weighted by molar-refractivity contribution is -0.0136. The summed E-state index contributed by atoms with van der Waals surface area (Å²) in [7, 11) is 1.67. The Morgan fingerprint density at radius 3 is 3.08 bits per heavy atom. The van der Waals surface area contributed by atoms with Crippen molar-refractivity contribution in [2.45, 2.75) is 13.0 Å². The number of morpholine rings is 1. The van der Waals surface area contributed by atoms with E-state index in [1.54, 1.807) is 11.6 Å². The first kappa shape index (κ1) is 16.5. The summed E-state index contributed by atoms with van der Waals surface area (Å²) in [5, 5.41) is 4.29. The molecule has 0 aliphatic carbocycles. The van der Waals surface area contributed by atoms with Crippen molar-refractivity contribution in [2.24, 2.45) is 0 Å². The third-order valence-corrected chi connectivity index (χ3v) is 4.59. The van der Waals surface area contributed by atoms with Crippen molar-refractivity contribution < 1.29 is 9.47 Å². The minimum Gasteiger partial charge on any atom is -0.497 e. The fourth-order valence-corrected chi connectivity index (χ4v) is 3.25. The van der Waals surface area contributed by atoms with Gasteiger partial charge in [0.05, 0.1) is 19.4 Å². The topological polar surface area (TPSA) is 64.8 Å². The number of ether oxygens (including phenoxy) is 2. The largest absolute Gasteiger partial charge is 0.497 e. The van der Waals surface area contributed by atoms with Gasteiger partial charge in [-0.25, -0.2) is 4.98 Å². The van der Waals surface area contributed by atoms with Gasteiger partial charge in [-0.1, -0.05) is 18.7 Å². The molecule has 0 saturated carbocycles. The lowest BCUT2D eigenvalue weighted by atomic mass is 10.1. The SMILES string of the molecule is C=C(c1cccc(OC)c1)N1CCOC(c2cc(C)nc3ncnn23)C1. The average Bonchev–Trinajstić information content (AvgIpc) is 3.15. The normalized spacial score (nSPS) is 17.5. The molecule has 1 saturated heterocycles. The van der Waals surface area contributed by atoms with E-state index in [4.69, 9.17) is 9.47 Å². The molecule has 1 atom stereocenters. The quantitative estimate of drug-likeness (QED) is 0.720. The Hall–Kier alpha value is -2.93. The van der Waals surface area contributed by atoms with Crippen molar-refractivity contribution in [1.82, 2.24) is 24.5 Å². The Morgan fingerprint density at radius 1 is 1.35 bits per heavy atom. The van der Waals surface area contributed by atoms with E-state index in [2.05, 4.69) is 26.5 Å². The van der Waals surface area contributed by atoms with Gasteiger partial charge in [-0.2, -0.15) is 14.6 Å². The Kier molecular flexibility index (Phi) is 4.30. The van der Waals surface area contributed by atoms with E-state index in [0.717, 1.165) is 34.9 Å². The lowest BCUT2D eigenvalue weighted by Crippen LogP contribution is -2.37. The van der Waals surface area contributed by atoms with E-state index < -0.39 is 0 Å². The third-order valence-electron chi connectivity index (χ3n) is 4.59. The van der Waals surface area contributed by atoms with Crippen molar-refractivity contribution in [3.8, 4) is 5.75 Å². The van der Waals surface area contributed by atoms with Crippen molar-refractivity contribution in [1.29, 1.82) is 0 Å². The highest BCUT2D eigenvalue weighted by atomic mass is 16.5. The van der Waals surface area contributed by atoms with Crippen molar-refractivity contribution in [3.05, 3.63) is 60.2 Å². The average molecular weight is 351 g/mol. The standard InChI is InChI=1S/C19H21N5O2/c1-13-9-17(24-19(22-13)20-12-21-24)18-11-23(7-8-26-18)14(2)15-5-4-6-16(10-15)25-3/h4-6,9-10,12,18H,2,7-8,11H2,1,3H3. The number of aryl methyl sites for hydroxylation is 1. The molecule has 7 nitrogen and oxygen atoms in total. The Morgan fingerprint density at radius 2 is 2.23 bits per heavy atom. The maximum atomic E-state index is 6.03. The molecule has 0 radical (unpaired) electrons. The second-order valence-corrected chi connectivity index (χ2v) is 6.28. The van der Waals surface area contributed by atoms with Crippen LogP contribution in [0.5, 0.6) is 5.75 Å². The molecule has 1 aliphatic heterocycles. The summed E-state index contributed by atoms with van der Waals surface area (Å²) in [6.07, 6.45) is 1.39. The smallest absolute Gasteiger partial charge is 0.252 e. The van der Waals surface area contributed by atoms with Gasteiger partial charge in [0.15, 0.2) is 0 Å². The van der Waals surface area contributed by atoms with Gasteiger partial charge in [-0.05, 0) is 25.1 Å². The van der Waals surface area contributed by atoms with Crippen LogP contribution in [-0.2, 0) is 4.74 Å². The summed E-state index contributed by atoms with van der Waals surface area (Å²) in [5.74, 6) is 1.41. The molecule has 1 unspecified atom stereocenters. The van der Waals surface area contributed by atoms with Gasteiger partial charge < -0.3 is 14.4 Å². The molecule has 1 fully saturated rings. The van der Waals surface area contributed by atoms with E-state index in [0.29, 0.717) is 18.9 Å². The highest BCUT2D eigenvalue weighted by molar-refractivity contribution is 5.63. The number of hydrogen-bond acceptors (Lipinski definition) is 6. The minimum absolute atomic E-state index is 0.128. The van der Waals surface area contributed by atoms with Crippen molar-refractivity contribution >= 4 is 11.5 Å². The van der Waals surface area contributed by atoms with Crippen molar-refractivity contribution in [3.63, 3.8) is 0 Å². The van der Waals surface area contributed by atoms with Gasteiger partial charge in [-0.15, -0.1) is 0 Å². The van der Waals surface area contributed by atoms with E-state index in [-0.39, 0.29) is 6.10 Å². The molecule has 134 valence electrons. The molecule has 0 N–H and O–H groups in total. The highest BCUT2D eigenvalue weighted by Crippen LogP contribution is 2.28. The summed E-state index contributed by atoms with van der Waals surface area (Å²) in [4.78, 5) is 10.8. The number of rotatable bonds is 4. The van der Waals surface area contributed by atoms with Crippen LogP contribution in [0.15, 0.2) is 43.2 Å². The molecule has 1 aliphatic rings. The summed E-state index contributed by atoms with van der Waals surface area (Å²) < 4.78 is 13.1. The van der Waals surface area contributed by atoms with Crippen LogP contribution in [0.2, 0.25) is 0 Å². The van der Waals surface area contributed by atoms with Gasteiger partial charge in [0, 0.05) is 30.0 Å². The van der Waals surface area contributed by atoms with E-state index in [1.165, 1.54) is 6.33 Å². The van der Waals surface area contributed by atoms with Gasteiger partial charge >= 0.3 is 0 Å². The lowest BCUT2D eigenvalue weighted by Gasteiger charge is -2.35. The second-order valence-electron chi connectivity index (χ2n) is 6.28. The minimum atomic E-state index is -0.128. The highest BCUT2D eigenvalue weighted by Gasteiger charge is 2.26. The predicted molar refractivity (Wildman–Crippen MR) is 97.8 cm³/mol. The first-order valence-electron chi connectivity index (χ1n) is 8.53. The fourth-order valence-electron chi connectivity index (χ4n) is 3.25. The number of methoxy groups -OCH3 is 1. The molecule has 1 aromatic carbocycles. The third kappa shape index (κ3) is 3.01.